The quantitative estimate of drug-likeness (QED) is 0.717. The molecule has 0 N–H and O–H groups in total. The van der Waals surface area contributed by atoms with Crippen LogP contribution in [0, 0.1) is 0 Å². The SMILES string of the molecule is FC(F)(F)Cn1ccc2c(Cl)cc(Cl)cc21. The van der Waals surface area contributed by atoms with E-state index in [0.717, 1.165) is 4.57 Å². The smallest absolute Gasteiger partial charge is 0.338 e. The van der Waals surface area contributed by atoms with Gasteiger partial charge in [-0.1, -0.05) is 23.2 Å². The zero-order valence-corrected chi connectivity index (χ0v) is 9.37. The number of alkyl halides is 3. The fraction of sp³-hybridized carbons (Fsp3) is 0.200. The largest absolute Gasteiger partial charge is 0.406 e. The van der Waals surface area contributed by atoms with Crippen LogP contribution in [0.3, 0.4) is 0 Å². The Morgan fingerprint density at radius 3 is 2.50 bits per heavy atom. The first-order valence-corrected chi connectivity index (χ1v) is 5.13. The molecule has 0 saturated carbocycles. The molecule has 0 aliphatic rings. The average Bonchev–Trinajstić information content (AvgIpc) is 2.46. The van der Waals surface area contributed by atoms with Gasteiger partial charge in [-0.3, -0.25) is 0 Å². The summed E-state index contributed by atoms with van der Waals surface area (Å²) in [5, 5.41) is 1.23. The molecule has 0 saturated heterocycles. The third-order valence-corrected chi connectivity index (χ3v) is 2.68. The Hall–Kier alpha value is -0.870. The highest BCUT2D eigenvalue weighted by Gasteiger charge is 2.28. The second-order valence-electron chi connectivity index (χ2n) is 3.38. The number of rotatable bonds is 1. The van der Waals surface area contributed by atoms with Crippen LogP contribution in [0.4, 0.5) is 13.2 Å². The molecule has 1 aromatic carbocycles. The molecule has 0 aliphatic heterocycles. The minimum absolute atomic E-state index is 0.319. The first-order valence-electron chi connectivity index (χ1n) is 4.37. The number of fused-ring (bicyclic) bond motifs is 1. The number of nitrogens with zero attached hydrogens (tertiary/aromatic N) is 1. The van der Waals surface area contributed by atoms with E-state index in [1.807, 2.05) is 0 Å². The Bertz CT molecular complexity index is 531. The van der Waals surface area contributed by atoms with Crippen LogP contribution in [0.1, 0.15) is 0 Å². The van der Waals surface area contributed by atoms with Crippen molar-refractivity contribution in [3.63, 3.8) is 0 Å². The average molecular weight is 268 g/mol. The lowest BCUT2D eigenvalue weighted by Gasteiger charge is -2.09. The van der Waals surface area contributed by atoms with Crippen LogP contribution >= 0.6 is 23.2 Å². The van der Waals surface area contributed by atoms with Gasteiger partial charge in [-0.2, -0.15) is 13.2 Å². The number of hydrogen-bond donors (Lipinski definition) is 0. The van der Waals surface area contributed by atoms with Crippen molar-refractivity contribution in [2.45, 2.75) is 12.7 Å². The Balaban J connectivity index is 2.56. The van der Waals surface area contributed by atoms with Gasteiger partial charge in [-0.05, 0) is 18.2 Å². The van der Waals surface area contributed by atoms with Crippen molar-refractivity contribution < 1.29 is 13.2 Å². The molecule has 0 radical (unpaired) electrons. The standard InChI is InChI=1S/C10H6Cl2F3N/c11-6-3-8(12)7-1-2-16(9(7)4-6)5-10(13,14)15/h1-4H,5H2. The van der Waals surface area contributed by atoms with Gasteiger partial charge in [0.2, 0.25) is 0 Å². The molecular weight excluding hydrogens is 262 g/mol. The van der Waals surface area contributed by atoms with E-state index in [9.17, 15) is 13.2 Å². The summed E-state index contributed by atoms with van der Waals surface area (Å²) in [6.07, 6.45) is -2.92. The van der Waals surface area contributed by atoms with E-state index in [0.29, 0.717) is 20.9 Å². The first kappa shape index (κ1) is 11.6. The molecule has 0 amide bonds. The summed E-state index contributed by atoms with van der Waals surface area (Å²) in [4.78, 5) is 0. The van der Waals surface area contributed by atoms with Crippen molar-refractivity contribution in [3.8, 4) is 0 Å². The number of aromatic nitrogens is 1. The van der Waals surface area contributed by atoms with E-state index in [4.69, 9.17) is 23.2 Å². The fourth-order valence-electron chi connectivity index (χ4n) is 1.55. The molecule has 2 aromatic rings. The highest BCUT2D eigenvalue weighted by molar-refractivity contribution is 6.38. The second-order valence-corrected chi connectivity index (χ2v) is 4.22. The zero-order chi connectivity index (χ0) is 11.9. The highest BCUT2D eigenvalue weighted by atomic mass is 35.5. The topological polar surface area (TPSA) is 4.93 Å². The van der Waals surface area contributed by atoms with Crippen LogP contribution in [-0.2, 0) is 6.54 Å². The van der Waals surface area contributed by atoms with Gasteiger partial charge in [0.15, 0.2) is 0 Å². The van der Waals surface area contributed by atoms with Crippen molar-refractivity contribution in [2.75, 3.05) is 0 Å². The van der Waals surface area contributed by atoms with Crippen molar-refractivity contribution in [3.05, 3.63) is 34.4 Å². The van der Waals surface area contributed by atoms with Gasteiger partial charge in [0.05, 0.1) is 10.5 Å². The fourth-order valence-corrected chi connectivity index (χ4v) is 2.10. The number of halogens is 5. The summed E-state index contributed by atoms with van der Waals surface area (Å²) in [5.74, 6) is 0. The molecule has 0 fully saturated rings. The minimum atomic E-state index is -4.26. The zero-order valence-electron chi connectivity index (χ0n) is 7.85. The lowest BCUT2D eigenvalue weighted by molar-refractivity contribution is -0.139. The van der Waals surface area contributed by atoms with Crippen molar-refractivity contribution in [2.24, 2.45) is 0 Å². The predicted octanol–water partition coefficient (Wildman–Crippen LogP) is 4.51. The summed E-state index contributed by atoms with van der Waals surface area (Å²) in [6.45, 7) is -1.05. The van der Waals surface area contributed by atoms with E-state index in [1.54, 1.807) is 6.07 Å². The maximum Gasteiger partial charge on any atom is 0.406 e. The summed E-state index contributed by atoms with van der Waals surface area (Å²) >= 11 is 11.6. The molecular formula is C10H6Cl2F3N. The molecule has 0 aliphatic carbocycles. The lowest BCUT2D eigenvalue weighted by Crippen LogP contribution is -2.16. The summed E-state index contributed by atoms with van der Waals surface area (Å²) in [6, 6.07) is 4.51. The Kier molecular flexibility index (Phi) is 2.80. The van der Waals surface area contributed by atoms with Gasteiger partial charge >= 0.3 is 6.18 Å². The van der Waals surface area contributed by atoms with Crippen molar-refractivity contribution in [1.82, 2.24) is 4.57 Å². The van der Waals surface area contributed by atoms with Gasteiger partial charge in [-0.25, -0.2) is 0 Å². The number of hydrogen-bond acceptors (Lipinski definition) is 0. The molecule has 0 unspecified atom stereocenters. The summed E-state index contributed by atoms with van der Waals surface area (Å²) in [7, 11) is 0. The highest BCUT2D eigenvalue weighted by Crippen LogP contribution is 2.30. The van der Waals surface area contributed by atoms with Crippen LogP contribution in [0.2, 0.25) is 10.0 Å². The van der Waals surface area contributed by atoms with Crippen molar-refractivity contribution >= 4 is 34.1 Å². The molecule has 2 rings (SSSR count). The van der Waals surface area contributed by atoms with Crippen LogP contribution in [0.5, 0.6) is 0 Å². The van der Waals surface area contributed by atoms with Crippen LogP contribution in [0.25, 0.3) is 10.9 Å². The van der Waals surface area contributed by atoms with E-state index in [2.05, 4.69) is 0 Å². The van der Waals surface area contributed by atoms with Gasteiger partial charge in [0, 0.05) is 16.6 Å². The molecule has 16 heavy (non-hydrogen) atoms. The maximum atomic E-state index is 12.3. The summed E-state index contributed by atoms with van der Waals surface area (Å²) in [5.41, 5.74) is 0.384. The van der Waals surface area contributed by atoms with Gasteiger partial charge in [-0.15, -0.1) is 0 Å². The Labute approximate surface area is 99.4 Å². The maximum absolute atomic E-state index is 12.3. The van der Waals surface area contributed by atoms with Crippen LogP contribution in [-0.4, -0.2) is 10.7 Å². The van der Waals surface area contributed by atoms with E-state index >= 15 is 0 Å². The molecule has 0 atom stereocenters. The third kappa shape index (κ3) is 2.28. The predicted molar refractivity (Wildman–Crippen MR) is 58.0 cm³/mol. The first-order chi connectivity index (χ1) is 7.37. The van der Waals surface area contributed by atoms with Crippen molar-refractivity contribution in [1.29, 1.82) is 0 Å². The van der Waals surface area contributed by atoms with E-state index in [1.165, 1.54) is 18.3 Å². The lowest BCUT2D eigenvalue weighted by atomic mass is 10.2. The summed E-state index contributed by atoms with van der Waals surface area (Å²) < 4.78 is 37.9. The number of benzene rings is 1. The van der Waals surface area contributed by atoms with Gasteiger partial charge in [0.1, 0.15) is 6.54 Å². The molecule has 0 bridgehead atoms. The van der Waals surface area contributed by atoms with Gasteiger partial charge < -0.3 is 4.57 Å². The molecule has 86 valence electrons. The van der Waals surface area contributed by atoms with Gasteiger partial charge in [0.25, 0.3) is 0 Å². The van der Waals surface area contributed by atoms with Crippen LogP contribution < -0.4 is 0 Å². The van der Waals surface area contributed by atoms with E-state index in [-0.39, 0.29) is 0 Å². The normalized spacial score (nSPS) is 12.3. The Morgan fingerprint density at radius 1 is 1.19 bits per heavy atom. The minimum Gasteiger partial charge on any atom is -0.338 e. The molecule has 1 heterocycles. The van der Waals surface area contributed by atoms with E-state index < -0.39 is 12.7 Å². The molecule has 1 nitrogen and oxygen atoms in total. The Morgan fingerprint density at radius 2 is 1.88 bits per heavy atom. The molecule has 0 spiro atoms. The molecule has 1 aromatic heterocycles. The third-order valence-electron chi connectivity index (χ3n) is 2.15. The second kappa shape index (κ2) is 3.86. The molecule has 6 heteroatoms. The van der Waals surface area contributed by atoms with Crippen LogP contribution in [0.15, 0.2) is 24.4 Å². The monoisotopic (exact) mass is 267 g/mol.